The Morgan fingerprint density at radius 3 is 2.50 bits per heavy atom. The van der Waals surface area contributed by atoms with Crippen molar-refractivity contribution in [2.75, 3.05) is 7.05 Å². The average molecular weight is 378 g/mol. The number of hydrogen-bond acceptors (Lipinski definition) is 4. The minimum Gasteiger partial charge on any atom is -0.272 e. The highest BCUT2D eigenvalue weighted by atomic mass is 79.9. The molecule has 0 unspecified atom stereocenters. The van der Waals surface area contributed by atoms with E-state index in [4.69, 9.17) is 0 Å². The molecule has 2 heterocycles. The van der Waals surface area contributed by atoms with Gasteiger partial charge in [0.25, 0.3) is 10.0 Å². The van der Waals surface area contributed by atoms with Gasteiger partial charge in [-0.1, -0.05) is 0 Å². The molecule has 0 aliphatic carbocycles. The Bertz CT molecular complexity index is 734. The Hall–Kier alpha value is -0.700. The lowest BCUT2D eigenvalue weighted by molar-refractivity contribution is 0.466. The van der Waals surface area contributed by atoms with E-state index in [9.17, 15) is 8.42 Å². The zero-order valence-corrected chi connectivity index (χ0v) is 14.9. The summed E-state index contributed by atoms with van der Waals surface area (Å²) in [5, 5.41) is 4.31. The first-order valence-electron chi connectivity index (χ1n) is 5.94. The second-order valence-corrected chi connectivity index (χ2v) is 9.33. The summed E-state index contributed by atoms with van der Waals surface area (Å²) in [7, 11) is -0.00584. The molecule has 0 fully saturated rings. The molecule has 5 nitrogen and oxygen atoms in total. The first kappa shape index (κ1) is 15.7. The second kappa shape index (κ2) is 5.59. The standard InChI is InChI=1S/C12H16BrN3O2S2/c1-8-10(9(2)16(4)14-8)7-15(3)20(17,18)12-6-5-11(13)19-12/h5-6H,7H2,1-4H3. The normalized spacial score (nSPS) is 12.3. The molecule has 0 radical (unpaired) electrons. The van der Waals surface area contributed by atoms with Gasteiger partial charge in [-0.3, -0.25) is 4.68 Å². The maximum Gasteiger partial charge on any atom is 0.252 e. The Balaban J connectivity index is 2.30. The molecular formula is C12H16BrN3O2S2. The summed E-state index contributed by atoms with van der Waals surface area (Å²) in [6.07, 6.45) is 0. The molecule has 0 aliphatic heterocycles. The smallest absolute Gasteiger partial charge is 0.252 e. The molecule has 0 saturated heterocycles. The number of hydrogen-bond donors (Lipinski definition) is 0. The number of nitrogens with zero attached hydrogens (tertiary/aromatic N) is 3. The zero-order valence-electron chi connectivity index (χ0n) is 11.7. The molecule has 0 amide bonds. The van der Waals surface area contributed by atoms with Crippen molar-refractivity contribution < 1.29 is 8.42 Å². The van der Waals surface area contributed by atoms with E-state index in [1.54, 1.807) is 23.9 Å². The predicted molar refractivity (Wildman–Crippen MR) is 83.4 cm³/mol. The highest BCUT2D eigenvalue weighted by Crippen LogP contribution is 2.29. The van der Waals surface area contributed by atoms with Gasteiger partial charge < -0.3 is 0 Å². The zero-order chi connectivity index (χ0) is 15.1. The third-order valence-corrected chi connectivity index (χ3v) is 7.15. The van der Waals surface area contributed by atoms with E-state index in [2.05, 4.69) is 21.0 Å². The molecule has 8 heteroatoms. The minimum absolute atomic E-state index is 0.323. The molecule has 0 bridgehead atoms. The minimum atomic E-state index is -3.46. The maximum atomic E-state index is 12.5. The van der Waals surface area contributed by atoms with Gasteiger partial charge in [0.05, 0.1) is 9.48 Å². The summed E-state index contributed by atoms with van der Waals surface area (Å²) < 4.78 is 29.2. The van der Waals surface area contributed by atoms with E-state index in [1.165, 1.54) is 15.6 Å². The van der Waals surface area contributed by atoms with Crippen molar-refractivity contribution >= 4 is 37.3 Å². The summed E-state index contributed by atoms with van der Waals surface area (Å²) in [6, 6.07) is 3.36. The fraction of sp³-hybridized carbons (Fsp3) is 0.417. The Morgan fingerprint density at radius 2 is 2.05 bits per heavy atom. The van der Waals surface area contributed by atoms with Crippen LogP contribution in [0.1, 0.15) is 17.0 Å². The SMILES string of the molecule is Cc1nn(C)c(C)c1CN(C)S(=O)(=O)c1ccc(Br)s1. The van der Waals surface area contributed by atoms with E-state index >= 15 is 0 Å². The van der Waals surface area contributed by atoms with E-state index < -0.39 is 10.0 Å². The second-order valence-electron chi connectivity index (χ2n) is 4.59. The van der Waals surface area contributed by atoms with Crippen LogP contribution in [0.2, 0.25) is 0 Å². The molecule has 0 N–H and O–H groups in total. The van der Waals surface area contributed by atoms with Crippen LogP contribution >= 0.6 is 27.3 Å². The van der Waals surface area contributed by atoms with Gasteiger partial charge in [0.2, 0.25) is 0 Å². The van der Waals surface area contributed by atoms with Gasteiger partial charge in [0.15, 0.2) is 0 Å². The van der Waals surface area contributed by atoms with Crippen LogP contribution < -0.4 is 0 Å². The first-order valence-corrected chi connectivity index (χ1v) is 8.99. The van der Waals surface area contributed by atoms with Gasteiger partial charge >= 0.3 is 0 Å². The van der Waals surface area contributed by atoms with Crippen molar-refractivity contribution in [1.82, 2.24) is 14.1 Å². The van der Waals surface area contributed by atoms with Crippen LogP contribution in [0.25, 0.3) is 0 Å². The summed E-state index contributed by atoms with van der Waals surface area (Å²) in [4.78, 5) is 0. The van der Waals surface area contributed by atoms with Crippen molar-refractivity contribution in [1.29, 1.82) is 0 Å². The molecule has 2 aromatic rings. The lowest BCUT2D eigenvalue weighted by Crippen LogP contribution is -2.26. The third kappa shape index (κ3) is 2.83. The molecule has 0 atom stereocenters. The van der Waals surface area contributed by atoms with Crippen LogP contribution in [0.15, 0.2) is 20.1 Å². The molecule has 0 aliphatic rings. The van der Waals surface area contributed by atoms with E-state index in [0.29, 0.717) is 10.8 Å². The van der Waals surface area contributed by atoms with Crippen LogP contribution in [-0.4, -0.2) is 29.6 Å². The van der Waals surface area contributed by atoms with E-state index in [0.717, 1.165) is 20.7 Å². The van der Waals surface area contributed by atoms with Crippen molar-refractivity contribution in [3.8, 4) is 0 Å². The number of aryl methyl sites for hydroxylation is 2. The van der Waals surface area contributed by atoms with Crippen molar-refractivity contribution in [2.24, 2.45) is 7.05 Å². The molecule has 0 aromatic carbocycles. The van der Waals surface area contributed by atoms with Crippen molar-refractivity contribution in [3.05, 3.63) is 32.9 Å². The summed E-state index contributed by atoms with van der Waals surface area (Å²) in [6.45, 7) is 4.16. The molecule has 2 aromatic heterocycles. The highest BCUT2D eigenvalue weighted by Gasteiger charge is 2.24. The Kier molecular flexibility index (Phi) is 4.38. The molecule has 0 saturated carbocycles. The van der Waals surface area contributed by atoms with Crippen LogP contribution in [0.5, 0.6) is 0 Å². The largest absolute Gasteiger partial charge is 0.272 e. The lowest BCUT2D eigenvalue weighted by Gasteiger charge is -2.16. The van der Waals surface area contributed by atoms with Gasteiger partial charge in [0.1, 0.15) is 4.21 Å². The topological polar surface area (TPSA) is 55.2 Å². The van der Waals surface area contributed by atoms with Crippen LogP contribution in [0.4, 0.5) is 0 Å². The molecule has 20 heavy (non-hydrogen) atoms. The predicted octanol–water partition coefficient (Wildman–Crippen LogP) is 2.68. The quantitative estimate of drug-likeness (QED) is 0.822. The maximum absolute atomic E-state index is 12.5. The van der Waals surface area contributed by atoms with Crippen molar-refractivity contribution in [2.45, 2.75) is 24.6 Å². The van der Waals surface area contributed by atoms with E-state index in [-0.39, 0.29) is 0 Å². The molecule has 110 valence electrons. The molecular weight excluding hydrogens is 362 g/mol. The van der Waals surface area contributed by atoms with Crippen LogP contribution in [-0.2, 0) is 23.6 Å². The summed E-state index contributed by atoms with van der Waals surface area (Å²) >= 11 is 4.50. The monoisotopic (exact) mass is 377 g/mol. The van der Waals surface area contributed by atoms with Gasteiger partial charge in [-0.05, 0) is 41.9 Å². The van der Waals surface area contributed by atoms with E-state index in [1.807, 2.05) is 20.9 Å². The third-order valence-electron chi connectivity index (χ3n) is 3.25. The average Bonchev–Trinajstić information content (AvgIpc) is 2.89. The number of sulfonamides is 1. The lowest BCUT2D eigenvalue weighted by atomic mass is 10.2. The van der Waals surface area contributed by atoms with Gasteiger partial charge in [0, 0.05) is 31.9 Å². The molecule has 0 spiro atoms. The fourth-order valence-electron chi connectivity index (χ4n) is 1.94. The van der Waals surface area contributed by atoms with Gasteiger partial charge in [-0.15, -0.1) is 11.3 Å². The highest BCUT2D eigenvalue weighted by molar-refractivity contribution is 9.11. The van der Waals surface area contributed by atoms with Crippen molar-refractivity contribution in [3.63, 3.8) is 0 Å². The summed E-state index contributed by atoms with van der Waals surface area (Å²) in [5.41, 5.74) is 2.80. The summed E-state index contributed by atoms with van der Waals surface area (Å²) in [5.74, 6) is 0. The number of halogens is 1. The Morgan fingerprint density at radius 1 is 1.40 bits per heavy atom. The molecule has 2 rings (SSSR count). The van der Waals surface area contributed by atoms with Crippen LogP contribution in [0.3, 0.4) is 0 Å². The first-order chi connectivity index (χ1) is 9.23. The van der Waals surface area contributed by atoms with Gasteiger partial charge in [-0.2, -0.15) is 9.40 Å². The number of thiophene rings is 1. The number of rotatable bonds is 4. The fourth-order valence-corrected chi connectivity index (χ4v) is 5.30. The number of aromatic nitrogens is 2. The van der Waals surface area contributed by atoms with Crippen LogP contribution in [0, 0.1) is 13.8 Å². The van der Waals surface area contributed by atoms with Gasteiger partial charge in [-0.25, -0.2) is 8.42 Å². The Labute approximate surface area is 131 Å².